The summed E-state index contributed by atoms with van der Waals surface area (Å²) in [6.45, 7) is 2.67. The third kappa shape index (κ3) is 4.43. The van der Waals surface area contributed by atoms with Crippen molar-refractivity contribution < 1.29 is 19.4 Å². The number of carbonyl (C=O) groups excluding carboxylic acids is 1. The number of methoxy groups -OCH3 is 1. The molecular formula is C19H21Cl2N7O4S. The summed E-state index contributed by atoms with van der Waals surface area (Å²) in [5, 5.41) is 17.7. The number of aromatic amines is 1. The van der Waals surface area contributed by atoms with E-state index in [1.54, 1.807) is 21.1 Å². The number of hydrogen-bond acceptors (Lipinski definition) is 8. The third-order valence-corrected chi connectivity index (χ3v) is 7.48. The van der Waals surface area contributed by atoms with Gasteiger partial charge in [-0.3, -0.25) is 4.79 Å². The van der Waals surface area contributed by atoms with Crippen LogP contribution in [0.15, 0.2) is 6.33 Å². The van der Waals surface area contributed by atoms with Crippen LogP contribution in [0.1, 0.15) is 32.1 Å². The van der Waals surface area contributed by atoms with Crippen molar-refractivity contribution in [3.8, 4) is 11.5 Å². The molecule has 4 heterocycles. The molecule has 0 saturated carbocycles. The highest BCUT2D eigenvalue weighted by atomic mass is 35.5. The van der Waals surface area contributed by atoms with Crippen LogP contribution in [0.3, 0.4) is 0 Å². The van der Waals surface area contributed by atoms with Crippen molar-refractivity contribution in [1.29, 1.82) is 0 Å². The van der Waals surface area contributed by atoms with Crippen molar-refractivity contribution in [3.05, 3.63) is 32.6 Å². The molecule has 33 heavy (non-hydrogen) atoms. The van der Waals surface area contributed by atoms with E-state index in [0.717, 1.165) is 11.3 Å². The van der Waals surface area contributed by atoms with E-state index < -0.39 is 5.97 Å². The number of amides is 1. The Labute approximate surface area is 202 Å². The molecule has 176 valence electrons. The zero-order valence-electron chi connectivity index (χ0n) is 17.9. The van der Waals surface area contributed by atoms with Crippen LogP contribution in [0.4, 0.5) is 5.13 Å². The number of aromatic carboxylic acids is 1. The Balaban J connectivity index is 1.52. The third-order valence-electron chi connectivity index (χ3n) is 5.52. The van der Waals surface area contributed by atoms with Gasteiger partial charge in [-0.05, 0) is 13.3 Å². The molecular weight excluding hydrogens is 493 g/mol. The second-order valence-electron chi connectivity index (χ2n) is 7.53. The van der Waals surface area contributed by atoms with Crippen LogP contribution in [-0.4, -0.2) is 74.1 Å². The first-order valence-corrected chi connectivity index (χ1v) is 11.5. The molecule has 1 aliphatic rings. The van der Waals surface area contributed by atoms with Crippen LogP contribution in [0.25, 0.3) is 11.5 Å². The highest BCUT2D eigenvalue weighted by Gasteiger charge is 2.34. The fourth-order valence-corrected chi connectivity index (χ4v) is 5.08. The lowest BCUT2D eigenvalue weighted by molar-refractivity contribution is 0.0540. The van der Waals surface area contributed by atoms with Gasteiger partial charge in [0.05, 0.1) is 17.2 Å². The number of aryl methyl sites for hydroxylation is 1. The molecule has 2 atom stereocenters. The Morgan fingerprint density at radius 2 is 2.15 bits per heavy atom. The number of anilines is 1. The number of carboxylic acids is 1. The van der Waals surface area contributed by atoms with E-state index in [-0.39, 0.29) is 39.3 Å². The van der Waals surface area contributed by atoms with Crippen molar-refractivity contribution in [1.82, 2.24) is 30.0 Å². The predicted molar refractivity (Wildman–Crippen MR) is 124 cm³/mol. The van der Waals surface area contributed by atoms with E-state index in [1.165, 1.54) is 11.0 Å². The molecule has 0 spiro atoms. The first-order chi connectivity index (χ1) is 15.7. The number of piperidine rings is 1. The van der Waals surface area contributed by atoms with Crippen molar-refractivity contribution in [2.45, 2.75) is 25.5 Å². The summed E-state index contributed by atoms with van der Waals surface area (Å²) in [4.78, 5) is 38.1. The number of nitrogens with zero attached hydrogens (tertiary/aromatic N) is 5. The highest BCUT2D eigenvalue weighted by Crippen LogP contribution is 2.34. The van der Waals surface area contributed by atoms with E-state index in [0.29, 0.717) is 41.2 Å². The Kier molecular flexibility index (Phi) is 6.61. The Hall–Kier alpha value is -2.67. The molecule has 4 rings (SSSR count). The molecule has 0 radical (unpaired) electrons. The molecule has 3 N–H and O–H groups in total. The number of carbonyl (C=O) groups is 2. The second-order valence-corrected chi connectivity index (χ2v) is 9.26. The second kappa shape index (κ2) is 9.29. The molecule has 3 aromatic rings. The molecule has 0 aliphatic carbocycles. The molecule has 1 aliphatic heterocycles. The summed E-state index contributed by atoms with van der Waals surface area (Å²) >= 11 is 13.3. The minimum atomic E-state index is -1.08. The zero-order valence-corrected chi connectivity index (χ0v) is 20.3. The zero-order chi connectivity index (χ0) is 23.9. The number of halogens is 2. The molecule has 14 heteroatoms. The Bertz CT molecular complexity index is 1210. The van der Waals surface area contributed by atoms with Crippen molar-refractivity contribution in [2.75, 3.05) is 25.1 Å². The van der Waals surface area contributed by atoms with Crippen molar-refractivity contribution in [2.24, 2.45) is 7.05 Å². The molecule has 3 aromatic heterocycles. The van der Waals surface area contributed by atoms with Gasteiger partial charge in [-0.15, -0.1) is 0 Å². The Morgan fingerprint density at radius 3 is 2.73 bits per heavy atom. The molecule has 1 fully saturated rings. The van der Waals surface area contributed by atoms with Gasteiger partial charge in [0.2, 0.25) is 0 Å². The van der Waals surface area contributed by atoms with Gasteiger partial charge >= 0.3 is 5.97 Å². The van der Waals surface area contributed by atoms with Crippen LogP contribution >= 0.6 is 34.5 Å². The number of H-pyrrole nitrogens is 1. The summed E-state index contributed by atoms with van der Waals surface area (Å²) in [6.07, 6.45) is 1.54. The van der Waals surface area contributed by atoms with Crippen LogP contribution < -0.4 is 10.2 Å². The van der Waals surface area contributed by atoms with Gasteiger partial charge in [0.15, 0.2) is 11.0 Å². The molecule has 11 nitrogen and oxygen atoms in total. The molecule has 0 unspecified atom stereocenters. The lowest BCUT2D eigenvalue weighted by atomic mass is 10.0. The van der Waals surface area contributed by atoms with Gasteiger partial charge in [-0.1, -0.05) is 34.5 Å². The standard InChI is InChI=1S/C19H21Cl2N7O4S/c1-8-11(20)12(25-15(8)21)17(29)24-9-4-5-28(6-10(9)32-3)19-26-13(14(33-19)18(30)31)16-22-7-23-27(16)2/h7,9-10,25H,4-6H2,1-3H3,(H,24,29)(H,30,31)/t9-,10+/m1/s1. The fraction of sp³-hybridized carbons (Fsp3) is 0.421. The lowest BCUT2D eigenvalue weighted by Crippen LogP contribution is -2.55. The largest absolute Gasteiger partial charge is 0.477 e. The number of rotatable bonds is 6. The number of hydrogen-bond donors (Lipinski definition) is 3. The van der Waals surface area contributed by atoms with Crippen LogP contribution in [0, 0.1) is 6.92 Å². The maximum atomic E-state index is 12.8. The average molecular weight is 514 g/mol. The Morgan fingerprint density at radius 1 is 1.39 bits per heavy atom. The summed E-state index contributed by atoms with van der Waals surface area (Å²) in [7, 11) is 3.23. The van der Waals surface area contributed by atoms with Crippen molar-refractivity contribution in [3.63, 3.8) is 0 Å². The molecule has 1 saturated heterocycles. The van der Waals surface area contributed by atoms with Crippen LogP contribution in [-0.2, 0) is 11.8 Å². The SMILES string of the molecule is CO[C@H]1CN(c2nc(-c3ncnn3C)c(C(=O)O)s2)CC[C@H]1NC(=O)c1[nH]c(Cl)c(C)c1Cl. The van der Waals surface area contributed by atoms with Gasteiger partial charge in [0.1, 0.15) is 27.7 Å². The first kappa shape index (κ1) is 23.5. The maximum Gasteiger partial charge on any atom is 0.348 e. The van der Waals surface area contributed by atoms with Gasteiger partial charge in [0.25, 0.3) is 5.91 Å². The fourth-order valence-electron chi connectivity index (χ4n) is 3.68. The van der Waals surface area contributed by atoms with E-state index in [9.17, 15) is 14.7 Å². The number of aromatic nitrogens is 5. The molecule has 1 amide bonds. The minimum absolute atomic E-state index is 0.0825. The lowest BCUT2D eigenvalue weighted by Gasteiger charge is -2.37. The minimum Gasteiger partial charge on any atom is -0.477 e. The predicted octanol–water partition coefficient (Wildman–Crippen LogP) is 2.60. The van der Waals surface area contributed by atoms with Gasteiger partial charge in [0, 0.05) is 32.8 Å². The van der Waals surface area contributed by atoms with Crippen LogP contribution in [0.5, 0.6) is 0 Å². The average Bonchev–Trinajstić information content (AvgIpc) is 3.48. The van der Waals surface area contributed by atoms with Crippen molar-refractivity contribution >= 4 is 51.5 Å². The number of thiazole rings is 1. The quantitative estimate of drug-likeness (QED) is 0.457. The first-order valence-electron chi connectivity index (χ1n) is 9.91. The number of ether oxygens (including phenoxy) is 1. The topological polar surface area (TPSA) is 138 Å². The maximum absolute atomic E-state index is 12.8. The van der Waals surface area contributed by atoms with Crippen LogP contribution in [0.2, 0.25) is 10.2 Å². The van der Waals surface area contributed by atoms with Gasteiger partial charge < -0.3 is 25.0 Å². The van der Waals surface area contributed by atoms with Gasteiger partial charge in [-0.25, -0.2) is 19.4 Å². The number of nitrogens with one attached hydrogen (secondary N) is 2. The summed E-state index contributed by atoms with van der Waals surface area (Å²) < 4.78 is 7.11. The smallest absolute Gasteiger partial charge is 0.348 e. The van der Waals surface area contributed by atoms with Gasteiger partial charge in [-0.2, -0.15) is 5.10 Å². The van der Waals surface area contributed by atoms with E-state index in [1.807, 2.05) is 4.90 Å². The van der Waals surface area contributed by atoms with E-state index in [4.69, 9.17) is 27.9 Å². The van der Waals surface area contributed by atoms with E-state index >= 15 is 0 Å². The summed E-state index contributed by atoms with van der Waals surface area (Å²) in [5.74, 6) is -1.08. The molecule has 0 bridgehead atoms. The summed E-state index contributed by atoms with van der Waals surface area (Å²) in [5.41, 5.74) is 1.08. The highest BCUT2D eigenvalue weighted by molar-refractivity contribution is 7.17. The van der Waals surface area contributed by atoms with E-state index in [2.05, 4.69) is 25.4 Å². The monoisotopic (exact) mass is 513 g/mol. The molecule has 0 aromatic carbocycles. The number of carboxylic acid groups (broad SMARTS) is 1. The normalized spacial score (nSPS) is 18.5. The summed E-state index contributed by atoms with van der Waals surface area (Å²) in [6, 6.07) is -0.283.